The SMILES string of the molecule is CCc1c(F)ccc2c1C(N)CC2. The van der Waals surface area contributed by atoms with Crippen LogP contribution in [-0.2, 0) is 12.8 Å². The summed E-state index contributed by atoms with van der Waals surface area (Å²) in [4.78, 5) is 0. The van der Waals surface area contributed by atoms with Crippen molar-refractivity contribution in [3.8, 4) is 0 Å². The lowest BCUT2D eigenvalue weighted by molar-refractivity contribution is 0.603. The molecule has 70 valence electrons. The van der Waals surface area contributed by atoms with E-state index in [0.29, 0.717) is 0 Å². The van der Waals surface area contributed by atoms with Crippen molar-refractivity contribution in [1.82, 2.24) is 0 Å². The highest BCUT2D eigenvalue weighted by Crippen LogP contribution is 2.33. The van der Waals surface area contributed by atoms with Crippen LogP contribution in [0.25, 0.3) is 0 Å². The van der Waals surface area contributed by atoms with E-state index in [0.717, 1.165) is 30.4 Å². The quantitative estimate of drug-likeness (QED) is 0.703. The molecule has 2 N–H and O–H groups in total. The molecule has 1 nitrogen and oxygen atoms in total. The molecule has 2 rings (SSSR count). The Bertz CT molecular complexity index is 333. The molecule has 1 aliphatic rings. The number of benzene rings is 1. The first-order valence-electron chi connectivity index (χ1n) is 4.79. The lowest BCUT2D eigenvalue weighted by Gasteiger charge is -2.11. The van der Waals surface area contributed by atoms with Gasteiger partial charge < -0.3 is 5.73 Å². The zero-order valence-electron chi connectivity index (χ0n) is 7.81. The maximum atomic E-state index is 13.4. The van der Waals surface area contributed by atoms with Crippen LogP contribution in [0, 0.1) is 5.82 Å². The van der Waals surface area contributed by atoms with Gasteiger partial charge in [0.15, 0.2) is 0 Å². The molecule has 1 unspecified atom stereocenters. The van der Waals surface area contributed by atoms with Gasteiger partial charge in [0, 0.05) is 6.04 Å². The van der Waals surface area contributed by atoms with Gasteiger partial charge in [0.1, 0.15) is 5.82 Å². The van der Waals surface area contributed by atoms with Gasteiger partial charge in [-0.2, -0.15) is 0 Å². The van der Waals surface area contributed by atoms with Crippen LogP contribution in [0.1, 0.15) is 36.1 Å². The van der Waals surface area contributed by atoms with Gasteiger partial charge in [0.25, 0.3) is 0 Å². The summed E-state index contributed by atoms with van der Waals surface area (Å²) in [6, 6.07) is 3.49. The minimum Gasteiger partial charge on any atom is -0.324 e. The predicted molar refractivity (Wildman–Crippen MR) is 51.0 cm³/mol. The molecule has 1 atom stereocenters. The van der Waals surface area contributed by atoms with E-state index in [9.17, 15) is 4.39 Å². The number of hydrogen-bond acceptors (Lipinski definition) is 1. The Morgan fingerprint density at radius 3 is 3.00 bits per heavy atom. The summed E-state index contributed by atoms with van der Waals surface area (Å²) in [7, 11) is 0. The molecule has 1 aromatic carbocycles. The summed E-state index contributed by atoms with van der Waals surface area (Å²) >= 11 is 0. The standard InChI is InChI=1S/C11H14FN/c1-2-8-9(12)5-3-7-4-6-10(13)11(7)8/h3,5,10H,2,4,6,13H2,1H3. The largest absolute Gasteiger partial charge is 0.324 e. The number of hydrogen-bond donors (Lipinski definition) is 1. The van der Waals surface area contributed by atoms with E-state index in [1.807, 2.05) is 13.0 Å². The Balaban J connectivity index is 2.60. The average molecular weight is 179 g/mol. The third-order valence-corrected chi connectivity index (χ3v) is 2.84. The average Bonchev–Trinajstić information content (AvgIpc) is 2.49. The molecule has 1 aromatic rings. The molecule has 2 heteroatoms. The zero-order valence-corrected chi connectivity index (χ0v) is 7.81. The monoisotopic (exact) mass is 179 g/mol. The fourth-order valence-electron chi connectivity index (χ4n) is 2.18. The van der Waals surface area contributed by atoms with E-state index in [1.54, 1.807) is 6.07 Å². The van der Waals surface area contributed by atoms with Crippen LogP contribution in [-0.4, -0.2) is 0 Å². The van der Waals surface area contributed by atoms with Gasteiger partial charge in [-0.05, 0) is 42.0 Å². The lowest BCUT2D eigenvalue weighted by atomic mass is 9.99. The third kappa shape index (κ3) is 1.25. The molecule has 0 fully saturated rings. The summed E-state index contributed by atoms with van der Waals surface area (Å²) in [6.07, 6.45) is 2.71. The highest BCUT2D eigenvalue weighted by molar-refractivity contribution is 5.41. The topological polar surface area (TPSA) is 26.0 Å². The van der Waals surface area contributed by atoms with Crippen molar-refractivity contribution < 1.29 is 4.39 Å². The van der Waals surface area contributed by atoms with Gasteiger partial charge >= 0.3 is 0 Å². The van der Waals surface area contributed by atoms with E-state index >= 15 is 0 Å². The first-order chi connectivity index (χ1) is 6.24. The number of fused-ring (bicyclic) bond motifs is 1. The number of rotatable bonds is 1. The number of halogens is 1. The smallest absolute Gasteiger partial charge is 0.126 e. The van der Waals surface area contributed by atoms with E-state index < -0.39 is 0 Å². The van der Waals surface area contributed by atoms with Crippen molar-refractivity contribution in [1.29, 1.82) is 0 Å². The van der Waals surface area contributed by atoms with E-state index in [-0.39, 0.29) is 11.9 Å². The van der Waals surface area contributed by atoms with E-state index in [1.165, 1.54) is 5.56 Å². The molecular formula is C11H14FN. The van der Waals surface area contributed by atoms with Crippen LogP contribution in [0.4, 0.5) is 4.39 Å². The molecule has 13 heavy (non-hydrogen) atoms. The minimum absolute atomic E-state index is 0.0562. The fraction of sp³-hybridized carbons (Fsp3) is 0.455. The number of nitrogens with two attached hydrogens (primary N) is 1. The Kier molecular flexibility index (Phi) is 2.08. The maximum absolute atomic E-state index is 13.4. The first kappa shape index (κ1) is 8.70. The molecule has 0 aliphatic heterocycles. The van der Waals surface area contributed by atoms with Crippen molar-refractivity contribution in [3.05, 3.63) is 34.6 Å². The zero-order chi connectivity index (χ0) is 9.42. The Labute approximate surface area is 77.8 Å². The van der Waals surface area contributed by atoms with Gasteiger partial charge in [-0.3, -0.25) is 0 Å². The molecule has 0 aromatic heterocycles. The van der Waals surface area contributed by atoms with Gasteiger partial charge in [0.2, 0.25) is 0 Å². The molecule has 0 amide bonds. The van der Waals surface area contributed by atoms with Crippen LogP contribution in [0.5, 0.6) is 0 Å². The van der Waals surface area contributed by atoms with Gasteiger partial charge in [0.05, 0.1) is 0 Å². The summed E-state index contributed by atoms with van der Waals surface area (Å²) in [5, 5.41) is 0. The molecule has 0 saturated carbocycles. The van der Waals surface area contributed by atoms with Gasteiger partial charge in [-0.1, -0.05) is 13.0 Å². The summed E-state index contributed by atoms with van der Waals surface area (Å²) in [5.41, 5.74) is 9.06. The Morgan fingerprint density at radius 1 is 1.54 bits per heavy atom. The van der Waals surface area contributed by atoms with Crippen molar-refractivity contribution in [2.45, 2.75) is 32.2 Å². The van der Waals surface area contributed by atoms with E-state index in [2.05, 4.69) is 0 Å². The third-order valence-electron chi connectivity index (χ3n) is 2.84. The molecule has 0 spiro atoms. The molecule has 0 saturated heterocycles. The molecule has 0 heterocycles. The summed E-state index contributed by atoms with van der Waals surface area (Å²) in [5.74, 6) is -0.0985. The predicted octanol–water partition coefficient (Wildman–Crippen LogP) is 2.33. The molecule has 0 radical (unpaired) electrons. The van der Waals surface area contributed by atoms with Crippen molar-refractivity contribution in [2.24, 2.45) is 5.73 Å². The molecule has 0 bridgehead atoms. The van der Waals surface area contributed by atoms with Crippen molar-refractivity contribution in [2.75, 3.05) is 0 Å². The van der Waals surface area contributed by atoms with Crippen LogP contribution >= 0.6 is 0 Å². The summed E-state index contributed by atoms with van der Waals surface area (Å²) < 4.78 is 13.4. The number of aryl methyl sites for hydroxylation is 1. The molecular weight excluding hydrogens is 165 g/mol. The van der Waals surface area contributed by atoms with Crippen LogP contribution in [0.3, 0.4) is 0 Å². The normalized spacial score (nSPS) is 20.4. The van der Waals surface area contributed by atoms with E-state index in [4.69, 9.17) is 5.73 Å². The molecule has 1 aliphatic carbocycles. The first-order valence-corrected chi connectivity index (χ1v) is 4.79. The van der Waals surface area contributed by atoms with Gasteiger partial charge in [-0.15, -0.1) is 0 Å². The van der Waals surface area contributed by atoms with Crippen molar-refractivity contribution in [3.63, 3.8) is 0 Å². The van der Waals surface area contributed by atoms with Crippen LogP contribution in [0.2, 0.25) is 0 Å². The van der Waals surface area contributed by atoms with Crippen LogP contribution < -0.4 is 5.73 Å². The highest BCUT2D eigenvalue weighted by Gasteiger charge is 2.23. The Hall–Kier alpha value is -0.890. The van der Waals surface area contributed by atoms with Crippen LogP contribution in [0.15, 0.2) is 12.1 Å². The second kappa shape index (κ2) is 3.11. The lowest BCUT2D eigenvalue weighted by Crippen LogP contribution is -2.09. The van der Waals surface area contributed by atoms with Crippen molar-refractivity contribution >= 4 is 0 Å². The minimum atomic E-state index is -0.0985. The summed E-state index contributed by atoms with van der Waals surface area (Å²) in [6.45, 7) is 1.98. The van der Waals surface area contributed by atoms with Gasteiger partial charge in [-0.25, -0.2) is 4.39 Å². The highest BCUT2D eigenvalue weighted by atomic mass is 19.1. The maximum Gasteiger partial charge on any atom is 0.126 e. The second-order valence-electron chi connectivity index (χ2n) is 3.60. The fourth-order valence-corrected chi connectivity index (χ4v) is 2.18. The second-order valence-corrected chi connectivity index (χ2v) is 3.60. The Morgan fingerprint density at radius 2 is 2.31 bits per heavy atom.